The van der Waals surface area contributed by atoms with Gasteiger partial charge in [-0.2, -0.15) is 5.10 Å². The standard InChI is InChI=1S/C23H31BrN4O/c1-15-18-12-17(23(18,2)3)13-19(15)27-20-14-26-28(22(29)21(20)24)11-5-4-6-16-7-9-25-10-8-16/h7-10,14-15,17-19,27H,4-6,11-13H2,1-3H3/t15-,17+,18+,19+/m0/s1. The van der Waals surface area contributed by atoms with Crippen molar-refractivity contribution in [2.75, 3.05) is 5.32 Å². The summed E-state index contributed by atoms with van der Waals surface area (Å²) in [5.74, 6) is 2.16. The number of unbranched alkanes of at least 4 members (excludes halogenated alkanes) is 1. The van der Waals surface area contributed by atoms with Gasteiger partial charge in [0.05, 0.1) is 11.9 Å². The highest BCUT2D eigenvalue weighted by Gasteiger charge is 2.56. The number of hydrogen-bond donors (Lipinski definition) is 1. The van der Waals surface area contributed by atoms with Crippen LogP contribution < -0.4 is 10.9 Å². The van der Waals surface area contributed by atoms with Crippen molar-refractivity contribution in [1.82, 2.24) is 14.8 Å². The molecule has 5 nitrogen and oxygen atoms in total. The van der Waals surface area contributed by atoms with E-state index >= 15 is 0 Å². The number of aryl methyl sites for hydroxylation is 2. The van der Waals surface area contributed by atoms with E-state index in [-0.39, 0.29) is 5.56 Å². The number of nitrogens with zero attached hydrogens (tertiary/aromatic N) is 3. The Balaban J connectivity index is 1.35. The summed E-state index contributed by atoms with van der Waals surface area (Å²) in [6.45, 7) is 7.81. The summed E-state index contributed by atoms with van der Waals surface area (Å²) in [5.41, 5.74) is 2.53. The van der Waals surface area contributed by atoms with Gasteiger partial charge in [-0.05, 0) is 88.9 Å². The summed E-state index contributed by atoms with van der Waals surface area (Å²) in [6, 6.07) is 4.50. The van der Waals surface area contributed by atoms with E-state index in [1.807, 2.05) is 30.7 Å². The lowest BCUT2D eigenvalue weighted by atomic mass is 9.45. The number of fused-ring (bicyclic) bond motifs is 2. The monoisotopic (exact) mass is 458 g/mol. The number of rotatable bonds is 7. The van der Waals surface area contributed by atoms with Crippen LogP contribution in [0.4, 0.5) is 5.69 Å². The van der Waals surface area contributed by atoms with Gasteiger partial charge in [-0.1, -0.05) is 20.8 Å². The van der Waals surface area contributed by atoms with Gasteiger partial charge < -0.3 is 5.32 Å². The molecule has 0 unspecified atom stereocenters. The zero-order valence-electron chi connectivity index (χ0n) is 17.6. The molecule has 2 aromatic heterocycles. The van der Waals surface area contributed by atoms with E-state index < -0.39 is 0 Å². The number of anilines is 1. The van der Waals surface area contributed by atoms with Crippen molar-refractivity contribution in [2.24, 2.45) is 23.2 Å². The van der Waals surface area contributed by atoms with Gasteiger partial charge in [0.1, 0.15) is 4.47 Å². The molecule has 2 heterocycles. The molecule has 0 radical (unpaired) electrons. The average molecular weight is 459 g/mol. The van der Waals surface area contributed by atoms with Crippen molar-refractivity contribution in [2.45, 2.75) is 65.5 Å². The second-order valence-electron chi connectivity index (χ2n) is 9.42. The highest BCUT2D eigenvalue weighted by molar-refractivity contribution is 9.10. The molecular weight excluding hydrogens is 428 g/mol. The molecule has 2 bridgehead atoms. The molecular formula is C23H31BrN4O. The normalized spacial score (nSPS) is 27.3. The molecule has 5 rings (SSSR count). The second-order valence-corrected chi connectivity index (χ2v) is 10.2. The fraction of sp³-hybridized carbons (Fsp3) is 0.609. The van der Waals surface area contributed by atoms with Crippen molar-refractivity contribution in [3.63, 3.8) is 0 Å². The lowest BCUT2D eigenvalue weighted by Crippen LogP contribution is -2.58. The molecule has 3 aliphatic carbocycles. The summed E-state index contributed by atoms with van der Waals surface area (Å²) in [7, 11) is 0. The quantitative estimate of drug-likeness (QED) is 0.598. The minimum absolute atomic E-state index is 0.0483. The molecule has 1 N–H and O–H groups in total. The van der Waals surface area contributed by atoms with Crippen molar-refractivity contribution < 1.29 is 0 Å². The first-order valence-electron chi connectivity index (χ1n) is 10.8. The Morgan fingerprint density at radius 3 is 2.69 bits per heavy atom. The maximum absolute atomic E-state index is 12.8. The van der Waals surface area contributed by atoms with Crippen LogP contribution in [0, 0.1) is 23.2 Å². The highest BCUT2D eigenvalue weighted by atomic mass is 79.9. The number of halogens is 1. The molecule has 0 saturated heterocycles. The lowest BCUT2D eigenvalue weighted by molar-refractivity contribution is -0.105. The van der Waals surface area contributed by atoms with Crippen molar-refractivity contribution in [3.8, 4) is 0 Å². The molecule has 4 atom stereocenters. The van der Waals surface area contributed by atoms with Crippen LogP contribution in [0.1, 0.15) is 52.0 Å². The Kier molecular flexibility index (Phi) is 5.83. The van der Waals surface area contributed by atoms with Crippen LogP contribution in [0.5, 0.6) is 0 Å². The van der Waals surface area contributed by atoms with E-state index in [0.29, 0.717) is 28.4 Å². The summed E-state index contributed by atoms with van der Waals surface area (Å²) < 4.78 is 2.18. The van der Waals surface area contributed by atoms with E-state index in [2.05, 4.69) is 52.1 Å². The highest BCUT2D eigenvalue weighted by Crippen LogP contribution is 2.61. The largest absolute Gasteiger partial charge is 0.380 e. The van der Waals surface area contributed by atoms with Gasteiger partial charge in [0.25, 0.3) is 5.56 Å². The van der Waals surface area contributed by atoms with Crippen LogP contribution in [-0.4, -0.2) is 20.8 Å². The van der Waals surface area contributed by atoms with Gasteiger partial charge >= 0.3 is 0 Å². The Hall–Kier alpha value is -1.69. The predicted octanol–water partition coefficient (Wildman–Crippen LogP) is 4.91. The first-order valence-corrected chi connectivity index (χ1v) is 11.6. The average Bonchev–Trinajstić information content (AvgIpc) is 2.71. The minimum atomic E-state index is -0.0483. The zero-order chi connectivity index (χ0) is 20.6. The van der Waals surface area contributed by atoms with E-state index in [4.69, 9.17) is 0 Å². The van der Waals surface area contributed by atoms with E-state index in [1.165, 1.54) is 18.4 Å². The maximum atomic E-state index is 12.8. The molecule has 0 amide bonds. The van der Waals surface area contributed by atoms with Crippen LogP contribution in [0.25, 0.3) is 0 Å². The minimum Gasteiger partial charge on any atom is -0.380 e. The molecule has 3 saturated carbocycles. The summed E-state index contributed by atoms with van der Waals surface area (Å²) in [5, 5.41) is 8.06. The first kappa shape index (κ1) is 20.6. The van der Waals surface area contributed by atoms with Crippen molar-refractivity contribution >= 4 is 21.6 Å². The summed E-state index contributed by atoms with van der Waals surface area (Å²) in [6.07, 6.45) is 10.9. The van der Waals surface area contributed by atoms with Gasteiger partial charge in [-0.25, -0.2) is 4.68 Å². The van der Waals surface area contributed by atoms with Crippen LogP contribution in [0.3, 0.4) is 0 Å². The van der Waals surface area contributed by atoms with Crippen LogP contribution in [0.15, 0.2) is 40.0 Å². The number of aromatic nitrogens is 3. The van der Waals surface area contributed by atoms with E-state index in [0.717, 1.165) is 36.8 Å². The third-order valence-corrected chi connectivity index (χ3v) is 8.28. The Labute approximate surface area is 181 Å². The van der Waals surface area contributed by atoms with Gasteiger partial charge in [0.15, 0.2) is 0 Å². The Morgan fingerprint density at radius 1 is 1.24 bits per heavy atom. The molecule has 0 aliphatic heterocycles. The van der Waals surface area contributed by atoms with Crippen LogP contribution >= 0.6 is 15.9 Å². The van der Waals surface area contributed by atoms with E-state index in [1.54, 1.807) is 4.68 Å². The molecule has 3 fully saturated rings. The third kappa shape index (κ3) is 4.00. The van der Waals surface area contributed by atoms with Gasteiger partial charge in [0, 0.05) is 25.0 Å². The number of hydrogen-bond acceptors (Lipinski definition) is 4. The predicted molar refractivity (Wildman–Crippen MR) is 120 cm³/mol. The fourth-order valence-corrected chi connectivity index (χ4v) is 5.83. The lowest BCUT2D eigenvalue weighted by Gasteiger charge is -2.62. The maximum Gasteiger partial charge on any atom is 0.283 e. The second kappa shape index (κ2) is 8.21. The van der Waals surface area contributed by atoms with Crippen LogP contribution in [0.2, 0.25) is 0 Å². The van der Waals surface area contributed by atoms with E-state index in [9.17, 15) is 4.79 Å². The fourth-order valence-electron chi connectivity index (χ4n) is 5.41. The van der Waals surface area contributed by atoms with Crippen molar-refractivity contribution in [1.29, 1.82) is 0 Å². The molecule has 0 aromatic carbocycles. The SMILES string of the molecule is C[C@H]1[C@H]2C[C@H](C[C@H]1Nc1cnn(CCCCc3ccncc3)c(=O)c1Br)C2(C)C. The van der Waals surface area contributed by atoms with Crippen LogP contribution in [-0.2, 0) is 13.0 Å². The molecule has 0 spiro atoms. The topological polar surface area (TPSA) is 59.8 Å². The van der Waals surface area contributed by atoms with Gasteiger partial charge in [0.2, 0.25) is 0 Å². The smallest absolute Gasteiger partial charge is 0.283 e. The Bertz CT molecular complexity index is 911. The molecule has 29 heavy (non-hydrogen) atoms. The van der Waals surface area contributed by atoms with Gasteiger partial charge in [-0.15, -0.1) is 0 Å². The molecule has 156 valence electrons. The summed E-state index contributed by atoms with van der Waals surface area (Å²) >= 11 is 3.53. The number of nitrogens with one attached hydrogen (secondary N) is 1. The van der Waals surface area contributed by atoms with Crippen molar-refractivity contribution in [3.05, 3.63) is 51.1 Å². The zero-order valence-corrected chi connectivity index (χ0v) is 19.2. The van der Waals surface area contributed by atoms with Gasteiger partial charge in [-0.3, -0.25) is 9.78 Å². The first-order chi connectivity index (χ1) is 13.9. The third-order valence-electron chi connectivity index (χ3n) is 7.51. The Morgan fingerprint density at radius 2 is 2.00 bits per heavy atom. The molecule has 6 heteroatoms. The molecule has 3 aliphatic rings. The summed E-state index contributed by atoms with van der Waals surface area (Å²) in [4.78, 5) is 16.8. The number of pyridine rings is 1. The molecule has 2 aromatic rings.